The van der Waals surface area contributed by atoms with Crippen molar-refractivity contribution in [2.75, 3.05) is 106 Å². The summed E-state index contributed by atoms with van der Waals surface area (Å²) in [6.45, 7) is -44.7. The van der Waals surface area contributed by atoms with Gasteiger partial charge in [0.2, 0.25) is 34.3 Å². The molecule has 0 aliphatic heterocycles. The fourth-order valence-corrected chi connectivity index (χ4v) is 14.4. The van der Waals surface area contributed by atoms with Gasteiger partial charge in [-0.05, 0) is 12.8 Å². The van der Waals surface area contributed by atoms with Gasteiger partial charge in [-0.15, -0.1) is 0 Å². The Kier molecular flexibility index (Phi) is 42.0. The molecule has 0 rings (SSSR count). The van der Waals surface area contributed by atoms with Crippen LogP contribution in [0.5, 0.6) is 0 Å². The van der Waals surface area contributed by atoms with E-state index in [0.717, 1.165) is 13.8 Å². The summed E-state index contributed by atoms with van der Waals surface area (Å²) in [5.74, 6) is -63.9. The number of unbranched alkanes of at least 4 members (excludes halogenated alkanes) is 2. The zero-order valence-corrected chi connectivity index (χ0v) is 60.0. The second-order valence-corrected chi connectivity index (χ2v) is 25.5. The molecule has 32 N–H and O–H groups in total. The van der Waals surface area contributed by atoms with Gasteiger partial charge in [0.1, 0.15) is 119 Å². The van der Waals surface area contributed by atoms with Gasteiger partial charge in [0.05, 0.1) is 106 Å². The van der Waals surface area contributed by atoms with E-state index < -0.39 is 378 Å². The molecule has 0 aliphatic rings. The second-order valence-electron chi connectivity index (χ2n) is 25.5. The third-order valence-corrected chi connectivity index (χ3v) is 19.2. The average molecular weight is 1650 g/mol. The SMILES string of the molecule is CCCCC(C(=O)C(O)CO)(C(=O)C(O)CO)C(C(=O)C(O)CO)(C(=O)C(O)CO)C(C(=O)C(O)CO)(C(=O)C(O)CO)C(OC(C(=O)C(O)CO)(C(=O)C(O)CO)C(C(=O)C(O)CO)(C(=O)C(O)CO)C(C(=O)C(O)CO)(C(=O)C(O)CO)C(CCCC)(C(=O)C(O)CO)C(=O)C(O)CO)(C(=O)C(O)CO)C(=O)C(O)CO. The van der Waals surface area contributed by atoms with E-state index in [9.17, 15) is 163 Å². The van der Waals surface area contributed by atoms with Crippen molar-refractivity contribution >= 4 is 92.5 Å². The van der Waals surface area contributed by atoms with Gasteiger partial charge >= 0.3 is 0 Å². The fourth-order valence-electron chi connectivity index (χ4n) is 14.4. The maximum Gasteiger partial charge on any atom is 0.212 e. The van der Waals surface area contributed by atoms with Gasteiger partial charge in [-0.3, -0.25) is 76.7 Å². The lowest BCUT2D eigenvalue weighted by atomic mass is 9.34. The van der Waals surface area contributed by atoms with Crippen molar-refractivity contribution in [2.45, 2.75) is 161 Å². The van der Waals surface area contributed by atoms with E-state index in [1.807, 2.05) is 0 Å². The summed E-state index contributed by atoms with van der Waals surface area (Å²) in [7, 11) is 0. The molecule has 0 fully saturated rings. The van der Waals surface area contributed by atoms with Crippen LogP contribution in [0.15, 0.2) is 0 Å². The highest BCUT2D eigenvalue weighted by Gasteiger charge is 2.95. The summed E-state index contributed by atoms with van der Waals surface area (Å²) >= 11 is 0. The van der Waals surface area contributed by atoms with Crippen molar-refractivity contribution in [3.8, 4) is 0 Å². The van der Waals surface area contributed by atoms with Crippen LogP contribution in [-0.2, 0) is 81.4 Å². The molecule has 0 amide bonds. The number of rotatable bonds is 62. The maximum atomic E-state index is 17.4. The molecule has 0 saturated carbocycles. The summed E-state index contributed by atoms with van der Waals surface area (Å²) in [5, 5.41) is 372. The number of hydrogen-bond donors (Lipinski definition) is 32. The van der Waals surface area contributed by atoms with Crippen LogP contribution in [0.2, 0.25) is 0 Å². The zero-order chi connectivity index (χ0) is 88.7. The minimum absolute atomic E-state index is 0.774. The number of ketones is 16. The van der Waals surface area contributed by atoms with Crippen molar-refractivity contribution in [3.05, 3.63) is 0 Å². The van der Waals surface area contributed by atoms with Crippen LogP contribution in [0.25, 0.3) is 0 Å². The number of carbonyl (C=O) groups excluding carboxylic acids is 16. The normalized spacial score (nSPS) is 20.6. The lowest BCUT2D eigenvalue weighted by Crippen LogP contribution is -2.91. The molecule has 0 radical (unpaired) electrons. The molecule has 0 spiro atoms. The predicted octanol–water partition coefficient (Wildman–Crippen LogP) is -22.5. The van der Waals surface area contributed by atoms with Crippen molar-refractivity contribution in [2.24, 2.45) is 32.5 Å². The minimum atomic E-state index is -7.71. The molecule has 648 valence electrons. The summed E-state index contributed by atoms with van der Waals surface area (Å²) in [6.07, 6.45) is -83.8. The van der Waals surface area contributed by atoms with Gasteiger partial charge < -0.3 is 168 Å². The Balaban J connectivity index is 16.0. The minimum Gasteiger partial charge on any atom is -0.393 e. The Morgan fingerprint density at radius 3 is 0.434 bits per heavy atom. The Morgan fingerprint density at radius 1 is 0.195 bits per heavy atom. The molecular weight excluding hydrogens is 1550 g/mol. The first-order valence-electron chi connectivity index (χ1n) is 33.6. The Labute approximate surface area is 635 Å². The molecule has 49 heteroatoms. The van der Waals surface area contributed by atoms with Crippen molar-refractivity contribution in [3.63, 3.8) is 0 Å². The molecular formula is C64H98O49. The predicted molar refractivity (Wildman–Crippen MR) is 350 cm³/mol. The quantitative estimate of drug-likeness (QED) is 0.0251. The lowest BCUT2D eigenvalue weighted by Gasteiger charge is -2.65. The highest BCUT2D eigenvalue weighted by molar-refractivity contribution is 6.39. The summed E-state index contributed by atoms with van der Waals surface area (Å²) in [5.41, 5.74) is -56.4. The lowest BCUT2D eigenvalue weighted by molar-refractivity contribution is -0.268. The maximum absolute atomic E-state index is 17.4. The van der Waals surface area contributed by atoms with Gasteiger partial charge in [-0.1, -0.05) is 39.5 Å². The van der Waals surface area contributed by atoms with Crippen molar-refractivity contribution < 1.29 is 245 Å². The number of carbonyl (C=O) groups is 16. The van der Waals surface area contributed by atoms with Crippen LogP contribution in [0, 0.1) is 32.5 Å². The Bertz CT molecular complexity index is 2970. The standard InChI is InChI=1S/C64H98O49/c1-3-5-7-57(41(97)25(81)9-65,42(98)26(82)10-66)59(45(101)29(85)13-69,46(102)30(86)14-70)61(49(105)33(89)17-73,50(106)34(90)18-74)63(53(109)37(93)21-77,54(110)38(94)22-78)113-64(55(111)39(95)23-79,56(112)40(96)24-80)62(51(107)35(91)19-75,52(108)36(92)20-76)60(47(103)31(87)15-71,48(104)32(88)16-72)58(8-6-4-2,43(99)27(83)11-67)44(100)28(84)12-68/h25-40,65-96H,3-24H2,1-2H3. The average Bonchev–Trinajstić information content (AvgIpc) is 0.638. The van der Waals surface area contributed by atoms with Crippen LogP contribution >= 0.6 is 0 Å². The monoisotopic (exact) mass is 1650 g/mol. The van der Waals surface area contributed by atoms with E-state index in [2.05, 4.69) is 0 Å². The Hall–Kier alpha value is -6.60. The third kappa shape index (κ3) is 17.3. The molecule has 0 aliphatic carbocycles. The van der Waals surface area contributed by atoms with Crippen LogP contribution < -0.4 is 0 Å². The van der Waals surface area contributed by atoms with Gasteiger partial charge in [-0.2, -0.15) is 0 Å². The molecule has 0 aromatic carbocycles. The number of hydrogen-bond acceptors (Lipinski definition) is 49. The molecule has 113 heavy (non-hydrogen) atoms. The molecule has 0 aromatic heterocycles. The van der Waals surface area contributed by atoms with Crippen molar-refractivity contribution in [1.29, 1.82) is 0 Å². The van der Waals surface area contributed by atoms with Crippen LogP contribution in [0.3, 0.4) is 0 Å². The molecule has 0 aromatic rings. The zero-order valence-electron chi connectivity index (χ0n) is 60.0. The Morgan fingerprint density at radius 2 is 0.310 bits per heavy atom. The van der Waals surface area contributed by atoms with E-state index in [0.29, 0.717) is 0 Å². The van der Waals surface area contributed by atoms with E-state index in [-0.39, 0.29) is 0 Å². The van der Waals surface area contributed by atoms with E-state index in [1.54, 1.807) is 0 Å². The highest BCUT2D eigenvalue weighted by Crippen LogP contribution is 2.70. The van der Waals surface area contributed by atoms with Crippen LogP contribution in [0.4, 0.5) is 0 Å². The fraction of sp³-hybridized carbons (Fsp3) is 0.750. The summed E-state index contributed by atoms with van der Waals surface area (Å²) < 4.78 is 5.88. The first-order valence-corrected chi connectivity index (χ1v) is 33.6. The molecule has 0 saturated heterocycles. The van der Waals surface area contributed by atoms with E-state index in [4.69, 9.17) is 4.74 Å². The van der Waals surface area contributed by atoms with Crippen LogP contribution in [-0.4, -0.2) is 471 Å². The van der Waals surface area contributed by atoms with Crippen LogP contribution in [0.1, 0.15) is 52.4 Å². The number of aliphatic hydroxyl groups is 32. The second kappa shape index (κ2) is 44.7. The highest BCUT2D eigenvalue weighted by atomic mass is 16.6. The third-order valence-electron chi connectivity index (χ3n) is 19.2. The molecule has 0 heterocycles. The van der Waals surface area contributed by atoms with Gasteiger partial charge in [-0.25, -0.2) is 0 Å². The van der Waals surface area contributed by atoms with Gasteiger partial charge in [0.25, 0.3) is 0 Å². The number of aliphatic hydroxyl groups excluding tert-OH is 32. The van der Waals surface area contributed by atoms with E-state index in [1.165, 1.54) is 0 Å². The largest absolute Gasteiger partial charge is 0.393 e. The van der Waals surface area contributed by atoms with Crippen molar-refractivity contribution in [1.82, 2.24) is 0 Å². The first kappa shape index (κ1) is 106. The first-order chi connectivity index (χ1) is 52.6. The summed E-state index contributed by atoms with van der Waals surface area (Å²) in [6, 6.07) is 0. The number of ether oxygens (including phenoxy) is 1. The molecule has 16 unspecified atom stereocenters. The molecule has 16 atom stereocenters. The topological polar surface area (TPSA) is 930 Å². The number of Topliss-reactive ketones (excluding diaryl/α,β-unsaturated/α-hetero) is 16. The molecule has 49 nitrogen and oxygen atoms in total. The smallest absolute Gasteiger partial charge is 0.212 e. The van der Waals surface area contributed by atoms with E-state index >= 15 is 76.7 Å². The van der Waals surface area contributed by atoms with Gasteiger partial charge in [0, 0.05) is 0 Å². The van der Waals surface area contributed by atoms with Gasteiger partial charge in [0.15, 0.2) is 80.2 Å². The summed E-state index contributed by atoms with van der Waals surface area (Å²) in [4.78, 5) is 273. The molecule has 0 bridgehead atoms.